The van der Waals surface area contributed by atoms with E-state index in [1.165, 1.54) is 51.0 Å². The fourth-order valence-corrected chi connectivity index (χ4v) is 3.78. The number of hydrogen-bond donors (Lipinski definition) is 0. The predicted octanol–water partition coefficient (Wildman–Crippen LogP) is 7.86. The maximum atomic E-state index is 13.7. The second kappa shape index (κ2) is 13.3. The highest BCUT2D eigenvalue weighted by atomic mass is 19.1. The van der Waals surface area contributed by atoms with Crippen LogP contribution in [0.5, 0.6) is 0 Å². The molecule has 1 aromatic rings. The van der Waals surface area contributed by atoms with Crippen LogP contribution in [0.2, 0.25) is 0 Å². The van der Waals surface area contributed by atoms with Crippen molar-refractivity contribution in [1.29, 1.82) is 0 Å². The molecule has 0 heterocycles. The van der Waals surface area contributed by atoms with Gasteiger partial charge in [-0.2, -0.15) is 0 Å². The van der Waals surface area contributed by atoms with Crippen LogP contribution < -0.4 is 0 Å². The molecule has 0 aliphatic heterocycles. The number of halogens is 2. The zero-order valence-corrected chi connectivity index (χ0v) is 18.0. The van der Waals surface area contributed by atoms with Gasteiger partial charge >= 0.3 is 0 Å². The second-order valence-corrected chi connectivity index (χ2v) is 8.40. The third-order valence-corrected chi connectivity index (χ3v) is 5.93. The minimum atomic E-state index is -0.504. The summed E-state index contributed by atoms with van der Waals surface area (Å²) in [6.07, 6.45) is 14.2. The molecule has 0 spiro atoms. The fraction of sp³-hybridized carbons (Fsp3) is 0.750. The maximum Gasteiger partial charge on any atom is 0.129 e. The van der Waals surface area contributed by atoms with Gasteiger partial charge in [-0.1, -0.05) is 64.4 Å². The molecule has 0 fully saturated rings. The van der Waals surface area contributed by atoms with Crippen molar-refractivity contribution < 1.29 is 13.5 Å². The van der Waals surface area contributed by atoms with Crippen molar-refractivity contribution in [3.8, 4) is 0 Å². The standard InChI is InChI=1S/C24H40F2O/c1-5-6-7-8-9-12-15-21(24(2,3)27-4)16-13-10-11-14-20-17-18-22(25)19-23(20)26/h17-19,21H,5-16H2,1-4H3. The van der Waals surface area contributed by atoms with Crippen molar-refractivity contribution in [3.63, 3.8) is 0 Å². The molecule has 1 nitrogen and oxygen atoms in total. The first-order valence-electron chi connectivity index (χ1n) is 10.9. The molecule has 27 heavy (non-hydrogen) atoms. The zero-order chi connectivity index (χ0) is 20.1. The van der Waals surface area contributed by atoms with Gasteiger partial charge in [0, 0.05) is 13.2 Å². The summed E-state index contributed by atoms with van der Waals surface area (Å²) in [6.45, 7) is 6.65. The van der Waals surface area contributed by atoms with E-state index >= 15 is 0 Å². The van der Waals surface area contributed by atoms with E-state index in [9.17, 15) is 8.78 Å². The third kappa shape index (κ3) is 9.69. The van der Waals surface area contributed by atoms with Gasteiger partial charge in [0.25, 0.3) is 0 Å². The fourth-order valence-electron chi connectivity index (χ4n) is 3.78. The van der Waals surface area contributed by atoms with Gasteiger partial charge in [0.1, 0.15) is 11.6 Å². The molecule has 0 saturated heterocycles. The van der Waals surface area contributed by atoms with E-state index in [0.29, 0.717) is 17.9 Å². The molecular weight excluding hydrogens is 342 g/mol. The van der Waals surface area contributed by atoms with Gasteiger partial charge in [0.05, 0.1) is 5.60 Å². The summed E-state index contributed by atoms with van der Waals surface area (Å²) in [5.74, 6) is -0.358. The second-order valence-electron chi connectivity index (χ2n) is 8.40. The highest BCUT2D eigenvalue weighted by molar-refractivity contribution is 5.18. The molecule has 1 unspecified atom stereocenters. The highest BCUT2D eigenvalue weighted by Gasteiger charge is 2.28. The largest absolute Gasteiger partial charge is 0.379 e. The van der Waals surface area contributed by atoms with Crippen LogP contribution in [0.4, 0.5) is 8.78 Å². The molecule has 1 atom stereocenters. The average molecular weight is 383 g/mol. The first kappa shape index (κ1) is 24.1. The quantitative estimate of drug-likeness (QED) is 0.280. The normalized spacial score (nSPS) is 13.1. The molecular formula is C24H40F2O. The van der Waals surface area contributed by atoms with Gasteiger partial charge in [0.2, 0.25) is 0 Å². The third-order valence-electron chi connectivity index (χ3n) is 5.93. The first-order valence-corrected chi connectivity index (χ1v) is 10.9. The molecule has 0 aliphatic rings. The van der Waals surface area contributed by atoms with Gasteiger partial charge in [0.15, 0.2) is 0 Å². The van der Waals surface area contributed by atoms with Crippen LogP contribution in [0.1, 0.15) is 97.0 Å². The first-order chi connectivity index (χ1) is 12.9. The minimum absolute atomic E-state index is 0.0908. The van der Waals surface area contributed by atoms with E-state index in [4.69, 9.17) is 4.74 Å². The van der Waals surface area contributed by atoms with Crippen molar-refractivity contribution in [2.45, 2.75) is 103 Å². The minimum Gasteiger partial charge on any atom is -0.379 e. The van der Waals surface area contributed by atoms with Crippen LogP contribution in [0, 0.1) is 17.6 Å². The molecule has 0 N–H and O–H groups in total. The lowest BCUT2D eigenvalue weighted by atomic mass is 9.82. The Hall–Kier alpha value is -0.960. The number of unbranched alkanes of at least 4 members (excludes halogenated alkanes) is 7. The van der Waals surface area contributed by atoms with Gasteiger partial charge in [-0.15, -0.1) is 0 Å². The Balaban J connectivity index is 2.31. The summed E-state index contributed by atoms with van der Waals surface area (Å²) in [5.41, 5.74) is 0.532. The molecule has 0 amide bonds. The molecule has 0 bridgehead atoms. The van der Waals surface area contributed by atoms with Crippen LogP contribution in [-0.2, 0) is 11.2 Å². The molecule has 1 rings (SSSR count). The molecule has 156 valence electrons. The molecule has 0 radical (unpaired) electrons. The SMILES string of the molecule is CCCCCCCCC(CCCCCc1ccc(F)cc1F)C(C)(C)OC. The Morgan fingerprint density at radius 1 is 0.889 bits per heavy atom. The van der Waals surface area contributed by atoms with Crippen LogP contribution >= 0.6 is 0 Å². The van der Waals surface area contributed by atoms with E-state index in [1.807, 2.05) is 7.11 Å². The lowest BCUT2D eigenvalue weighted by Gasteiger charge is -2.33. The highest BCUT2D eigenvalue weighted by Crippen LogP contribution is 2.31. The Kier molecular flexibility index (Phi) is 11.8. The monoisotopic (exact) mass is 382 g/mol. The topological polar surface area (TPSA) is 9.23 Å². The van der Waals surface area contributed by atoms with Crippen molar-refractivity contribution in [2.24, 2.45) is 5.92 Å². The lowest BCUT2D eigenvalue weighted by Crippen LogP contribution is -2.33. The Morgan fingerprint density at radius 3 is 2.07 bits per heavy atom. The maximum absolute atomic E-state index is 13.7. The van der Waals surface area contributed by atoms with Crippen molar-refractivity contribution in [2.75, 3.05) is 7.11 Å². The number of ether oxygens (including phenoxy) is 1. The van der Waals surface area contributed by atoms with E-state index in [-0.39, 0.29) is 5.60 Å². The van der Waals surface area contributed by atoms with E-state index < -0.39 is 11.6 Å². The van der Waals surface area contributed by atoms with Gasteiger partial charge in [-0.05, 0) is 57.1 Å². The van der Waals surface area contributed by atoms with Gasteiger partial charge in [-0.3, -0.25) is 0 Å². The number of methoxy groups -OCH3 is 1. The number of hydrogen-bond acceptors (Lipinski definition) is 1. The summed E-state index contributed by atoms with van der Waals surface area (Å²) >= 11 is 0. The molecule has 0 aliphatic carbocycles. The molecule has 0 aromatic heterocycles. The Bertz CT molecular complexity index is 513. The van der Waals surface area contributed by atoms with Crippen LogP contribution in [-0.4, -0.2) is 12.7 Å². The Labute approximate surface area is 165 Å². The van der Waals surface area contributed by atoms with E-state index in [0.717, 1.165) is 31.7 Å². The Morgan fingerprint density at radius 2 is 1.48 bits per heavy atom. The van der Waals surface area contributed by atoms with Crippen molar-refractivity contribution in [1.82, 2.24) is 0 Å². The van der Waals surface area contributed by atoms with Crippen LogP contribution in [0.25, 0.3) is 0 Å². The van der Waals surface area contributed by atoms with Gasteiger partial charge < -0.3 is 4.74 Å². The van der Waals surface area contributed by atoms with Crippen LogP contribution in [0.3, 0.4) is 0 Å². The summed E-state index contributed by atoms with van der Waals surface area (Å²) < 4.78 is 32.4. The summed E-state index contributed by atoms with van der Waals surface area (Å²) in [6, 6.07) is 3.89. The molecule has 1 aromatic carbocycles. The number of rotatable bonds is 15. The van der Waals surface area contributed by atoms with Crippen molar-refractivity contribution >= 4 is 0 Å². The average Bonchev–Trinajstić information content (AvgIpc) is 2.63. The van der Waals surface area contributed by atoms with E-state index in [1.54, 1.807) is 6.07 Å². The molecule has 3 heteroatoms. The summed E-state index contributed by atoms with van der Waals surface area (Å²) in [5, 5.41) is 0. The van der Waals surface area contributed by atoms with Crippen LogP contribution in [0.15, 0.2) is 18.2 Å². The zero-order valence-electron chi connectivity index (χ0n) is 18.0. The summed E-state index contributed by atoms with van der Waals surface area (Å²) in [4.78, 5) is 0. The van der Waals surface area contributed by atoms with Crippen molar-refractivity contribution in [3.05, 3.63) is 35.4 Å². The number of benzene rings is 1. The predicted molar refractivity (Wildman–Crippen MR) is 111 cm³/mol. The van der Waals surface area contributed by atoms with E-state index in [2.05, 4.69) is 20.8 Å². The smallest absolute Gasteiger partial charge is 0.129 e. The summed E-state index contributed by atoms with van der Waals surface area (Å²) in [7, 11) is 1.81. The van der Waals surface area contributed by atoms with Gasteiger partial charge in [-0.25, -0.2) is 8.78 Å². The lowest BCUT2D eigenvalue weighted by molar-refractivity contribution is -0.0352. The number of aryl methyl sites for hydroxylation is 1. The molecule has 0 saturated carbocycles.